The van der Waals surface area contributed by atoms with Gasteiger partial charge in [0.05, 0.1) is 0 Å². The Labute approximate surface area is 99.6 Å². The number of hydrogen-bond donors (Lipinski definition) is 2. The molecular formula is C11H15ClN2O2. The summed E-state index contributed by atoms with van der Waals surface area (Å²) in [4.78, 5) is 15.6. The van der Waals surface area contributed by atoms with Gasteiger partial charge in [-0.1, -0.05) is 18.5 Å². The SMILES string of the molecule is CCC(CCO)NC(=O)c1ccnc(Cl)c1. The summed E-state index contributed by atoms with van der Waals surface area (Å²) < 4.78 is 0. The Morgan fingerprint density at radius 3 is 3.00 bits per heavy atom. The average molecular weight is 243 g/mol. The van der Waals surface area contributed by atoms with Crippen LogP contribution in [0.5, 0.6) is 0 Å². The van der Waals surface area contributed by atoms with Crippen molar-refractivity contribution in [2.45, 2.75) is 25.8 Å². The molecule has 1 atom stereocenters. The van der Waals surface area contributed by atoms with Gasteiger partial charge >= 0.3 is 0 Å². The minimum atomic E-state index is -0.190. The zero-order chi connectivity index (χ0) is 12.0. The molecule has 0 saturated heterocycles. The first-order valence-corrected chi connectivity index (χ1v) is 5.58. The molecule has 1 aromatic heterocycles. The molecule has 1 heterocycles. The van der Waals surface area contributed by atoms with Crippen LogP contribution in [0.15, 0.2) is 18.3 Å². The fraction of sp³-hybridized carbons (Fsp3) is 0.455. The van der Waals surface area contributed by atoms with E-state index in [1.54, 1.807) is 6.07 Å². The zero-order valence-electron chi connectivity index (χ0n) is 9.11. The van der Waals surface area contributed by atoms with E-state index in [0.29, 0.717) is 17.1 Å². The van der Waals surface area contributed by atoms with Gasteiger partial charge in [0, 0.05) is 24.4 Å². The van der Waals surface area contributed by atoms with Crippen LogP contribution in [0, 0.1) is 0 Å². The molecule has 0 spiro atoms. The van der Waals surface area contributed by atoms with Crippen molar-refractivity contribution < 1.29 is 9.90 Å². The third kappa shape index (κ3) is 3.79. The molecule has 1 aromatic rings. The molecule has 0 radical (unpaired) electrons. The minimum absolute atomic E-state index is 0.00978. The third-order valence-electron chi connectivity index (χ3n) is 2.29. The van der Waals surface area contributed by atoms with Crippen LogP contribution in [0.1, 0.15) is 30.1 Å². The second-order valence-electron chi connectivity index (χ2n) is 3.46. The molecule has 2 N–H and O–H groups in total. The summed E-state index contributed by atoms with van der Waals surface area (Å²) in [6.45, 7) is 2.02. The maximum atomic E-state index is 11.8. The highest BCUT2D eigenvalue weighted by molar-refractivity contribution is 6.29. The lowest BCUT2D eigenvalue weighted by Gasteiger charge is -2.15. The van der Waals surface area contributed by atoms with Gasteiger partial charge in [-0.2, -0.15) is 0 Å². The van der Waals surface area contributed by atoms with Crippen molar-refractivity contribution in [3.8, 4) is 0 Å². The molecule has 1 rings (SSSR count). The highest BCUT2D eigenvalue weighted by Gasteiger charge is 2.11. The summed E-state index contributed by atoms with van der Waals surface area (Å²) in [5, 5.41) is 11.9. The van der Waals surface area contributed by atoms with Crippen LogP contribution in [0.4, 0.5) is 0 Å². The van der Waals surface area contributed by atoms with Crippen molar-refractivity contribution in [3.05, 3.63) is 29.0 Å². The van der Waals surface area contributed by atoms with Gasteiger partial charge in [0.25, 0.3) is 5.91 Å². The van der Waals surface area contributed by atoms with Crippen molar-refractivity contribution in [2.75, 3.05) is 6.61 Å². The van der Waals surface area contributed by atoms with Gasteiger partial charge in [-0.25, -0.2) is 4.98 Å². The van der Waals surface area contributed by atoms with Crippen molar-refractivity contribution in [1.29, 1.82) is 0 Å². The number of rotatable bonds is 5. The predicted octanol–water partition coefficient (Wildman–Crippen LogP) is 1.63. The Hall–Kier alpha value is -1.13. The molecule has 88 valence electrons. The van der Waals surface area contributed by atoms with Crippen LogP contribution >= 0.6 is 11.6 Å². The van der Waals surface area contributed by atoms with Crippen molar-refractivity contribution in [3.63, 3.8) is 0 Å². The number of amides is 1. The van der Waals surface area contributed by atoms with Crippen LogP contribution in [0.2, 0.25) is 5.15 Å². The number of aliphatic hydroxyl groups is 1. The number of nitrogens with zero attached hydrogens (tertiary/aromatic N) is 1. The Morgan fingerprint density at radius 1 is 1.69 bits per heavy atom. The van der Waals surface area contributed by atoms with Gasteiger partial charge in [-0.15, -0.1) is 0 Å². The largest absolute Gasteiger partial charge is 0.396 e. The molecule has 4 nitrogen and oxygen atoms in total. The lowest BCUT2D eigenvalue weighted by molar-refractivity contribution is 0.0929. The standard InChI is InChI=1S/C11H15ClN2O2/c1-2-9(4-6-15)14-11(16)8-3-5-13-10(12)7-8/h3,5,7,9,15H,2,4,6H2,1H3,(H,14,16). The molecule has 0 fully saturated rings. The van der Waals surface area contributed by atoms with Crippen LogP contribution < -0.4 is 5.32 Å². The van der Waals surface area contributed by atoms with Gasteiger partial charge in [0.1, 0.15) is 5.15 Å². The number of halogens is 1. The lowest BCUT2D eigenvalue weighted by Crippen LogP contribution is -2.35. The Bertz CT molecular complexity index is 358. The fourth-order valence-electron chi connectivity index (χ4n) is 1.35. The molecule has 0 saturated carbocycles. The van der Waals surface area contributed by atoms with E-state index in [2.05, 4.69) is 10.3 Å². The Balaban J connectivity index is 2.64. The van der Waals surface area contributed by atoms with E-state index < -0.39 is 0 Å². The lowest BCUT2D eigenvalue weighted by atomic mass is 10.1. The Kier molecular flexibility index (Phi) is 5.22. The molecule has 0 aliphatic carbocycles. The van der Waals surface area contributed by atoms with Gasteiger partial charge in [0.2, 0.25) is 0 Å². The zero-order valence-corrected chi connectivity index (χ0v) is 9.87. The van der Waals surface area contributed by atoms with Gasteiger partial charge in [0.15, 0.2) is 0 Å². The molecular weight excluding hydrogens is 228 g/mol. The summed E-state index contributed by atoms with van der Waals surface area (Å²) in [6, 6.07) is 3.11. The molecule has 16 heavy (non-hydrogen) atoms. The van der Waals surface area contributed by atoms with E-state index in [4.69, 9.17) is 16.7 Å². The fourth-order valence-corrected chi connectivity index (χ4v) is 1.52. The van der Waals surface area contributed by atoms with Crippen LogP contribution in [-0.4, -0.2) is 28.6 Å². The molecule has 1 unspecified atom stereocenters. The highest BCUT2D eigenvalue weighted by Crippen LogP contribution is 2.08. The first kappa shape index (κ1) is 12.9. The summed E-state index contributed by atoms with van der Waals surface area (Å²) >= 11 is 5.69. The quantitative estimate of drug-likeness (QED) is 0.772. The van der Waals surface area contributed by atoms with Crippen LogP contribution in [-0.2, 0) is 0 Å². The highest BCUT2D eigenvalue weighted by atomic mass is 35.5. The second kappa shape index (κ2) is 6.45. The molecule has 0 aromatic carbocycles. The third-order valence-corrected chi connectivity index (χ3v) is 2.50. The number of carbonyl (C=O) groups is 1. The van der Waals surface area contributed by atoms with Gasteiger partial charge in [-0.3, -0.25) is 4.79 Å². The average Bonchev–Trinajstić information content (AvgIpc) is 2.28. The van der Waals surface area contributed by atoms with Crippen molar-refractivity contribution in [1.82, 2.24) is 10.3 Å². The monoisotopic (exact) mass is 242 g/mol. The number of nitrogens with one attached hydrogen (secondary N) is 1. The van der Waals surface area contributed by atoms with E-state index in [-0.39, 0.29) is 18.6 Å². The van der Waals surface area contributed by atoms with E-state index >= 15 is 0 Å². The molecule has 0 aliphatic heterocycles. The first-order chi connectivity index (χ1) is 7.67. The maximum Gasteiger partial charge on any atom is 0.251 e. The summed E-state index contributed by atoms with van der Waals surface area (Å²) in [5.74, 6) is -0.190. The predicted molar refractivity (Wildman–Crippen MR) is 62.5 cm³/mol. The number of aliphatic hydroxyl groups excluding tert-OH is 1. The summed E-state index contributed by atoms with van der Waals surface area (Å²) in [7, 11) is 0. The Morgan fingerprint density at radius 2 is 2.44 bits per heavy atom. The number of carbonyl (C=O) groups excluding carboxylic acids is 1. The summed E-state index contributed by atoms with van der Waals surface area (Å²) in [5.41, 5.74) is 0.483. The smallest absolute Gasteiger partial charge is 0.251 e. The normalized spacial score (nSPS) is 12.2. The molecule has 0 bridgehead atoms. The summed E-state index contributed by atoms with van der Waals surface area (Å²) in [6.07, 6.45) is 2.83. The van der Waals surface area contributed by atoms with Crippen molar-refractivity contribution in [2.24, 2.45) is 0 Å². The first-order valence-electron chi connectivity index (χ1n) is 5.20. The molecule has 5 heteroatoms. The van der Waals surface area contributed by atoms with Crippen LogP contribution in [0.3, 0.4) is 0 Å². The molecule has 1 amide bonds. The maximum absolute atomic E-state index is 11.8. The van der Waals surface area contributed by atoms with E-state index in [9.17, 15) is 4.79 Å². The van der Waals surface area contributed by atoms with Crippen LogP contribution in [0.25, 0.3) is 0 Å². The second-order valence-corrected chi connectivity index (χ2v) is 3.85. The van der Waals surface area contributed by atoms with Crippen molar-refractivity contribution >= 4 is 17.5 Å². The van der Waals surface area contributed by atoms with E-state index in [1.165, 1.54) is 12.3 Å². The topological polar surface area (TPSA) is 62.2 Å². The number of hydrogen-bond acceptors (Lipinski definition) is 3. The number of pyridine rings is 1. The van der Waals surface area contributed by atoms with Gasteiger partial charge < -0.3 is 10.4 Å². The van der Waals surface area contributed by atoms with E-state index in [0.717, 1.165) is 6.42 Å². The van der Waals surface area contributed by atoms with Gasteiger partial charge in [-0.05, 0) is 25.0 Å². The number of aromatic nitrogens is 1. The van der Waals surface area contributed by atoms with E-state index in [1.807, 2.05) is 6.92 Å². The molecule has 0 aliphatic rings. The minimum Gasteiger partial charge on any atom is -0.396 e.